The van der Waals surface area contributed by atoms with E-state index in [0.717, 1.165) is 34.0 Å². The van der Waals surface area contributed by atoms with Crippen LogP contribution in [-0.2, 0) is 4.79 Å². The number of anilines is 2. The number of nitrogens with one attached hydrogen (secondary N) is 2. The molecule has 1 aliphatic heterocycles. The zero-order valence-corrected chi connectivity index (χ0v) is 21.4. The Labute approximate surface area is 217 Å². The van der Waals surface area contributed by atoms with Crippen molar-refractivity contribution in [2.45, 2.75) is 39.3 Å². The van der Waals surface area contributed by atoms with Crippen LogP contribution < -0.4 is 15.5 Å². The first-order chi connectivity index (χ1) is 17.5. The molecule has 6 nitrogen and oxygen atoms in total. The molecule has 7 heteroatoms. The van der Waals surface area contributed by atoms with Crippen molar-refractivity contribution in [3.8, 4) is 5.69 Å². The number of amides is 1. The molecule has 1 amide bonds. The van der Waals surface area contributed by atoms with Crippen LogP contribution in [0.2, 0.25) is 0 Å². The van der Waals surface area contributed by atoms with Crippen molar-refractivity contribution in [2.24, 2.45) is 0 Å². The van der Waals surface area contributed by atoms with Gasteiger partial charge in [0.05, 0.1) is 11.7 Å². The van der Waals surface area contributed by atoms with E-state index in [2.05, 4.69) is 80.7 Å². The Morgan fingerprint density at radius 3 is 2.61 bits per heavy atom. The summed E-state index contributed by atoms with van der Waals surface area (Å²) in [6.07, 6.45) is 4.34. The second kappa shape index (κ2) is 9.95. The summed E-state index contributed by atoms with van der Waals surface area (Å²) in [5.41, 5.74) is 7.07. The molecule has 1 saturated heterocycles. The SMILES string of the molecule is CCC(=O)Nc1ccc(N2C(=S)N[C@H](c3ccccn3)[C@H]2c2cccn2-c2cccc(C)c2)cc1C. The number of aromatic nitrogens is 2. The average molecular weight is 496 g/mol. The highest BCUT2D eigenvalue weighted by Crippen LogP contribution is 2.42. The van der Waals surface area contributed by atoms with Crippen LogP contribution >= 0.6 is 12.2 Å². The Kier molecular flexibility index (Phi) is 6.57. The molecule has 36 heavy (non-hydrogen) atoms. The highest BCUT2D eigenvalue weighted by molar-refractivity contribution is 7.80. The van der Waals surface area contributed by atoms with Crippen molar-refractivity contribution >= 4 is 34.6 Å². The molecule has 2 aromatic heterocycles. The fourth-order valence-electron chi connectivity index (χ4n) is 4.76. The van der Waals surface area contributed by atoms with Gasteiger partial charge in [-0.3, -0.25) is 9.78 Å². The van der Waals surface area contributed by atoms with Crippen LogP contribution in [0, 0.1) is 13.8 Å². The summed E-state index contributed by atoms with van der Waals surface area (Å²) in [6.45, 7) is 5.95. The van der Waals surface area contributed by atoms with Crippen LogP contribution in [0.5, 0.6) is 0 Å². The molecule has 0 unspecified atom stereocenters. The summed E-state index contributed by atoms with van der Waals surface area (Å²) < 4.78 is 2.22. The predicted molar refractivity (Wildman–Crippen MR) is 149 cm³/mol. The van der Waals surface area contributed by atoms with E-state index >= 15 is 0 Å². The fraction of sp³-hybridized carbons (Fsp3) is 0.207. The number of rotatable bonds is 6. The molecule has 0 radical (unpaired) electrons. The maximum absolute atomic E-state index is 12.0. The van der Waals surface area contributed by atoms with E-state index in [9.17, 15) is 4.79 Å². The van der Waals surface area contributed by atoms with E-state index in [0.29, 0.717) is 11.5 Å². The van der Waals surface area contributed by atoms with E-state index in [1.807, 2.05) is 50.4 Å². The summed E-state index contributed by atoms with van der Waals surface area (Å²) in [7, 11) is 0. The Morgan fingerprint density at radius 1 is 1.03 bits per heavy atom. The van der Waals surface area contributed by atoms with Gasteiger partial charge in [0.2, 0.25) is 5.91 Å². The number of hydrogen-bond acceptors (Lipinski definition) is 3. The summed E-state index contributed by atoms with van der Waals surface area (Å²) in [6, 6.07) is 24.4. The third-order valence-electron chi connectivity index (χ3n) is 6.54. The summed E-state index contributed by atoms with van der Waals surface area (Å²) in [5, 5.41) is 7.15. The molecule has 3 heterocycles. The largest absolute Gasteiger partial charge is 0.351 e. The number of pyridine rings is 1. The van der Waals surface area contributed by atoms with Crippen LogP contribution in [0.4, 0.5) is 11.4 Å². The monoisotopic (exact) mass is 495 g/mol. The second-order valence-electron chi connectivity index (χ2n) is 9.04. The molecular weight excluding hydrogens is 466 g/mol. The molecule has 0 saturated carbocycles. The van der Waals surface area contributed by atoms with Crippen molar-refractivity contribution in [1.29, 1.82) is 0 Å². The van der Waals surface area contributed by atoms with Gasteiger partial charge in [-0.2, -0.15) is 0 Å². The van der Waals surface area contributed by atoms with Crippen molar-refractivity contribution in [2.75, 3.05) is 10.2 Å². The summed E-state index contributed by atoms with van der Waals surface area (Å²) in [5.74, 6) is -0.00622. The molecule has 0 bridgehead atoms. The number of carbonyl (C=O) groups excluding carboxylic acids is 1. The number of thiocarbonyl (C=S) groups is 1. The minimum absolute atomic E-state index is 0.00622. The maximum atomic E-state index is 12.0. The highest BCUT2D eigenvalue weighted by Gasteiger charge is 2.42. The smallest absolute Gasteiger partial charge is 0.224 e. The van der Waals surface area contributed by atoms with Crippen molar-refractivity contribution < 1.29 is 4.79 Å². The Balaban J connectivity index is 1.62. The number of nitrogens with zero attached hydrogens (tertiary/aromatic N) is 3. The van der Waals surface area contributed by atoms with E-state index in [-0.39, 0.29) is 18.0 Å². The summed E-state index contributed by atoms with van der Waals surface area (Å²) >= 11 is 5.90. The van der Waals surface area contributed by atoms with Crippen LogP contribution in [0.15, 0.2) is 85.2 Å². The number of hydrogen-bond donors (Lipinski definition) is 2. The first-order valence-corrected chi connectivity index (χ1v) is 12.5. The highest BCUT2D eigenvalue weighted by atomic mass is 32.1. The molecule has 0 aliphatic carbocycles. The quantitative estimate of drug-likeness (QED) is 0.321. The zero-order valence-electron chi connectivity index (χ0n) is 20.6. The van der Waals surface area contributed by atoms with Gasteiger partial charge in [0.15, 0.2) is 5.11 Å². The fourth-order valence-corrected chi connectivity index (χ4v) is 5.10. The Hall–Kier alpha value is -3.97. The molecule has 2 aromatic carbocycles. The van der Waals surface area contributed by atoms with Gasteiger partial charge in [0, 0.05) is 41.6 Å². The lowest BCUT2D eigenvalue weighted by atomic mass is 10.00. The molecule has 2 atom stereocenters. The van der Waals surface area contributed by atoms with Crippen LogP contribution in [0.25, 0.3) is 5.69 Å². The Morgan fingerprint density at radius 2 is 1.89 bits per heavy atom. The van der Waals surface area contributed by atoms with E-state index in [1.54, 1.807) is 0 Å². The molecular formula is C29H29N5OS. The lowest BCUT2D eigenvalue weighted by Gasteiger charge is -2.29. The maximum Gasteiger partial charge on any atom is 0.224 e. The van der Waals surface area contributed by atoms with Crippen LogP contribution in [0.3, 0.4) is 0 Å². The molecule has 1 aliphatic rings. The number of carbonyl (C=O) groups is 1. The lowest BCUT2D eigenvalue weighted by molar-refractivity contribution is -0.115. The predicted octanol–water partition coefficient (Wildman–Crippen LogP) is 6.01. The van der Waals surface area contributed by atoms with Crippen LogP contribution in [-0.4, -0.2) is 20.6 Å². The van der Waals surface area contributed by atoms with Crippen molar-refractivity contribution in [1.82, 2.24) is 14.9 Å². The lowest BCUT2D eigenvalue weighted by Crippen LogP contribution is -2.30. The topological polar surface area (TPSA) is 62.2 Å². The average Bonchev–Trinajstić information content (AvgIpc) is 3.50. The first kappa shape index (κ1) is 23.8. The molecule has 0 spiro atoms. The number of benzene rings is 2. The third kappa shape index (κ3) is 4.50. The number of aryl methyl sites for hydroxylation is 2. The van der Waals surface area contributed by atoms with Gasteiger partial charge < -0.3 is 20.1 Å². The minimum atomic E-state index is -0.142. The van der Waals surface area contributed by atoms with Gasteiger partial charge in [0.25, 0.3) is 0 Å². The molecule has 1 fully saturated rings. The molecule has 4 aromatic rings. The normalized spacial score (nSPS) is 17.2. The third-order valence-corrected chi connectivity index (χ3v) is 6.86. The van der Waals surface area contributed by atoms with Gasteiger partial charge in [-0.1, -0.05) is 25.1 Å². The van der Waals surface area contributed by atoms with Crippen molar-refractivity contribution in [3.63, 3.8) is 0 Å². The zero-order chi connectivity index (χ0) is 25.2. The summed E-state index contributed by atoms with van der Waals surface area (Å²) in [4.78, 5) is 18.8. The first-order valence-electron chi connectivity index (χ1n) is 12.1. The second-order valence-corrected chi connectivity index (χ2v) is 9.43. The molecule has 5 rings (SSSR count). The molecule has 2 N–H and O–H groups in total. The Bertz CT molecular complexity index is 1410. The van der Waals surface area contributed by atoms with E-state index in [1.165, 1.54) is 5.56 Å². The van der Waals surface area contributed by atoms with Crippen LogP contribution in [0.1, 0.15) is 47.9 Å². The van der Waals surface area contributed by atoms with E-state index in [4.69, 9.17) is 12.2 Å². The molecule has 182 valence electrons. The minimum Gasteiger partial charge on any atom is -0.351 e. The van der Waals surface area contributed by atoms with Crippen molar-refractivity contribution in [3.05, 3.63) is 108 Å². The van der Waals surface area contributed by atoms with Gasteiger partial charge in [0.1, 0.15) is 6.04 Å². The van der Waals surface area contributed by atoms with Gasteiger partial charge in [-0.05, 0) is 91.8 Å². The van der Waals surface area contributed by atoms with E-state index < -0.39 is 0 Å². The van der Waals surface area contributed by atoms with Gasteiger partial charge in [-0.25, -0.2) is 0 Å². The standard InChI is InChI=1S/C29H29N5OS/c1-4-26(35)31-23-14-13-22(18-20(23)3)34-28(27(32-29(34)36)24-11-5-6-15-30-24)25-12-8-16-33(25)21-10-7-9-19(2)17-21/h5-18,27-28H,4H2,1-3H3,(H,31,35)(H,32,36)/t27-,28-/m1/s1. The van der Waals surface area contributed by atoms with Gasteiger partial charge in [-0.15, -0.1) is 0 Å². The van der Waals surface area contributed by atoms with Gasteiger partial charge >= 0.3 is 0 Å².